The lowest BCUT2D eigenvalue weighted by Gasteiger charge is -2.35. The standard InChI is InChI=1S/C21H28N4O3/c1-15-19(16(2)23(3)22-15)9-10-20(26)24-11-13-25(14-12-24)21(27)17-5-7-18(28-4)8-6-17/h5-8H,9-14H2,1-4H3. The summed E-state index contributed by atoms with van der Waals surface area (Å²) in [5.74, 6) is 0.863. The van der Waals surface area contributed by atoms with E-state index in [-0.39, 0.29) is 11.8 Å². The van der Waals surface area contributed by atoms with Crippen molar-refractivity contribution < 1.29 is 14.3 Å². The number of carbonyl (C=O) groups excluding carboxylic acids is 2. The van der Waals surface area contributed by atoms with Gasteiger partial charge in [0.15, 0.2) is 0 Å². The Labute approximate surface area is 165 Å². The molecule has 150 valence electrons. The zero-order valence-corrected chi connectivity index (χ0v) is 17.1. The summed E-state index contributed by atoms with van der Waals surface area (Å²) in [5, 5.41) is 4.41. The predicted molar refractivity (Wildman–Crippen MR) is 106 cm³/mol. The lowest BCUT2D eigenvalue weighted by molar-refractivity contribution is -0.132. The summed E-state index contributed by atoms with van der Waals surface area (Å²) in [6, 6.07) is 7.12. The van der Waals surface area contributed by atoms with Gasteiger partial charge >= 0.3 is 0 Å². The Morgan fingerprint density at radius 2 is 1.64 bits per heavy atom. The molecule has 0 N–H and O–H groups in total. The third-order valence-corrected chi connectivity index (χ3v) is 5.50. The van der Waals surface area contributed by atoms with Crippen molar-refractivity contribution in [2.24, 2.45) is 7.05 Å². The number of amides is 2. The molecular formula is C21H28N4O3. The zero-order valence-electron chi connectivity index (χ0n) is 17.1. The van der Waals surface area contributed by atoms with E-state index in [0.29, 0.717) is 44.6 Å². The molecule has 3 rings (SSSR count). The number of methoxy groups -OCH3 is 1. The number of piperazine rings is 1. The van der Waals surface area contributed by atoms with Crippen LogP contribution < -0.4 is 4.74 Å². The van der Waals surface area contributed by atoms with Crippen LogP contribution in [0.5, 0.6) is 5.75 Å². The van der Waals surface area contributed by atoms with Gasteiger partial charge in [0.1, 0.15) is 5.75 Å². The minimum Gasteiger partial charge on any atom is -0.497 e. The first kappa shape index (κ1) is 19.9. The minimum atomic E-state index is -0.00337. The molecule has 7 heteroatoms. The third kappa shape index (κ3) is 4.18. The first-order valence-corrected chi connectivity index (χ1v) is 9.61. The van der Waals surface area contributed by atoms with Gasteiger partial charge in [-0.1, -0.05) is 0 Å². The Bertz CT molecular complexity index is 849. The molecule has 0 aliphatic carbocycles. The van der Waals surface area contributed by atoms with Crippen molar-refractivity contribution in [3.05, 3.63) is 46.8 Å². The van der Waals surface area contributed by atoms with Crippen molar-refractivity contribution in [2.45, 2.75) is 26.7 Å². The summed E-state index contributed by atoms with van der Waals surface area (Å²) >= 11 is 0. The highest BCUT2D eigenvalue weighted by molar-refractivity contribution is 5.94. The van der Waals surface area contributed by atoms with Crippen LogP contribution in [-0.2, 0) is 18.3 Å². The molecule has 0 bridgehead atoms. The van der Waals surface area contributed by atoms with E-state index in [2.05, 4.69) is 5.10 Å². The zero-order chi connectivity index (χ0) is 20.3. The van der Waals surface area contributed by atoms with Crippen LogP contribution in [-0.4, -0.2) is 64.7 Å². The molecule has 2 heterocycles. The van der Waals surface area contributed by atoms with Gasteiger partial charge in [-0.25, -0.2) is 0 Å². The number of aryl methyl sites for hydroxylation is 2. The van der Waals surface area contributed by atoms with E-state index >= 15 is 0 Å². The molecule has 1 aliphatic heterocycles. The van der Waals surface area contributed by atoms with E-state index in [0.717, 1.165) is 22.7 Å². The van der Waals surface area contributed by atoms with Crippen LogP contribution in [0.2, 0.25) is 0 Å². The minimum absolute atomic E-state index is 0.00337. The van der Waals surface area contributed by atoms with E-state index in [1.807, 2.05) is 30.5 Å². The summed E-state index contributed by atoms with van der Waals surface area (Å²) in [6.45, 7) is 6.28. The predicted octanol–water partition coefficient (Wildman–Crippen LogP) is 1.96. The van der Waals surface area contributed by atoms with Gasteiger partial charge < -0.3 is 14.5 Å². The molecule has 1 aliphatic rings. The van der Waals surface area contributed by atoms with Crippen molar-refractivity contribution >= 4 is 11.8 Å². The van der Waals surface area contributed by atoms with E-state index in [1.165, 1.54) is 0 Å². The fourth-order valence-electron chi connectivity index (χ4n) is 3.64. The van der Waals surface area contributed by atoms with Crippen molar-refractivity contribution in [1.82, 2.24) is 19.6 Å². The molecule has 28 heavy (non-hydrogen) atoms. The Balaban J connectivity index is 1.51. The molecule has 0 atom stereocenters. The number of hydrogen-bond acceptors (Lipinski definition) is 4. The third-order valence-electron chi connectivity index (χ3n) is 5.50. The first-order valence-electron chi connectivity index (χ1n) is 9.61. The van der Waals surface area contributed by atoms with E-state index in [9.17, 15) is 9.59 Å². The molecule has 1 fully saturated rings. The Morgan fingerprint density at radius 1 is 1.04 bits per heavy atom. The van der Waals surface area contributed by atoms with E-state index in [1.54, 1.807) is 36.3 Å². The monoisotopic (exact) mass is 384 g/mol. The summed E-state index contributed by atoms with van der Waals surface area (Å²) in [7, 11) is 3.52. The van der Waals surface area contributed by atoms with Crippen molar-refractivity contribution in [3.8, 4) is 5.75 Å². The molecule has 1 aromatic carbocycles. The molecule has 1 aromatic heterocycles. The topological polar surface area (TPSA) is 67.7 Å². The van der Waals surface area contributed by atoms with Gasteiger partial charge in [-0.05, 0) is 50.1 Å². The molecule has 0 spiro atoms. The van der Waals surface area contributed by atoms with Crippen LogP contribution in [0.4, 0.5) is 0 Å². The smallest absolute Gasteiger partial charge is 0.253 e. The largest absolute Gasteiger partial charge is 0.497 e. The quantitative estimate of drug-likeness (QED) is 0.790. The second-order valence-electron chi connectivity index (χ2n) is 7.17. The molecule has 0 radical (unpaired) electrons. The molecule has 2 aromatic rings. The fraction of sp³-hybridized carbons (Fsp3) is 0.476. The maximum Gasteiger partial charge on any atom is 0.253 e. The highest BCUT2D eigenvalue weighted by Crippen LogP contribution is 2.17. The van der Waals surface area contributed by atoms with Gasteiger partial charge in [0.25, 0.3) is 5.91 Å². The van der Waals surface area contributed by atoms with Crippen LogP contribution >= 0.6 is 0 Å². The van der Waals surface area contributed by atoms with Gasteiger partial charge in [0.2, 0.25) is 5.91 Å². The van der Waals surface area contributed by atoms with Crippen LogP contribution in [0.1, 0.15) is 33.7 Å². The Morgan fingerprint density at radius 3 is 2.18 bits per heavy atom. The molecule has 2 amide bonds. The lowest BCUT2D eigenvalue weighted by Crippen LogP contribution is -2.50. The SMILES string of the molecule is COc1ccc(C(=O)N2CCN(C(=O)CCc3c(C)nn(C)c3C)CC2)cc1. The Kier molecular flexibility index (Phi) is 6.02. The lowest BCUT2D eigenvalue weighted by atomic mass is 10.1. The number of nitrogens with zero attached hydrogens (tertiary/aromatic N) is 4. The van der Waals surface area contributed by atoms with Gasteiger partial charge in [-0.2, -0.15) is 5.10 Å². The van der Waals surface area contributed by atoms with Crippen molar-refractivity contribution in [1.29, 1.82) is 0 Å². The molecule has 7 nitrogen and oxygen atoms in total. The average molecular weight is 384 g/mol. The van der Waals surface area contributed by atoms with E-state index < -0.39 is 0 Å². The maximum atomic E-state index is 12.6. The molecular weight excluding hydrogens is 356 g/mol. The van der Waals surface area contributed by atoms with Crippen LogP contribution in [0.3, 0.4) is 0 Å². The fourth-order valence-corrected chi connectivity index (χ4v) is 3.64. The number of aromatic nitrogens is 2. The van der Waals surface area contributed by atoms with Gasteiger partial charge in [0, 0.05) is 50.9 Å². The van der Waals surface area contributed by atoms with Crippen LogP contribution in [0, 0.1) is 13.8 Å². The summed E-state index contributed by atoms with van der Waals surface area (Å²) in [6.07, 6.45) is 1.18. The maximum absolute atomic E-state index is 12.6. The summed E-state index contributed by atoms with van der Waals surface area (Å²) in [5.41, 5.74) is 3.90. The normalized spacial score (nSPS) is 14.3. The van der Waals surface area contributed by atoms with Gasteiger partial charge in [-0.3, -0.25) is 14.3 Å². The average Bonchev–Trinajstić information content (AvgIpc) is 2.97. The molecule has 0 unspecified atom stereocenters. The second-order valence-corrected chi connectivity index (χ2v) is 7.17. The second kappa shape index (κ2) is 8.46. The molecule has 1 saturated heterocycles. The number of hydrogen-bond donors (Lipinski definition) is 0. The van der Waals surface area contributed by atoms with Crippen LogP contribution in [0.25, 0.3) is 0 Å². The van der Waals surface area contributed by atoms with Crippen LogP contribution in [0.15, 0.2) is 24.3 Å². The highest BCUT2D eigenvalue weighted by atomic mass is 16.5. The summed E-state index contributed by atoms with van der Waals surface area (Å²) < 4.78 is 6.99. The number of benzene rings is 1. The Hall–Kier alpha value is -2.83. The highest BCUT2D eigenvalue weighted by Gasteiger charge is 2.25. The van der Waals surface area contributed by atoms with Crippen molar-refractivity contribution in [3.63, 3.8) is 0 Å². The summed E-state index contributed by atoms with van der Waals surface area (Å²) in [4.78, 5) is 28.9. The first-order chi connectivity index (χ1) is 13.4. The van der Waals surface area contributed by atoms with Gasteiger partial charge in [0.05, 0.1) is 12.8 Å². The molecule has 0 saturated carbocycles. The number of rotatable bonds is 5. The van der Waals surface area contributed by atoms with Gasteiger partial charge in [-0.15, -0.1) is 0 Å². The number of carbonyl (C=O) groups is 2. The van der Waals surface area contributed by atoms with Crippen molar-refractivity contribution in [2.75, 3.05) is 33.3 Å². The van der Waals surface area contributed by atoms with E-state index in [4.69, 9.17) is 4.74 Å². The number of ether oxygens (including phenoxy) is 1.